The van der Waals surface area contributed by atoms with Gasteiger partial charge in [0.1, 0.15) is 0 Å². The molecule has 0 saturated carbocycles. The number of hydrogen-bond donors (Lipinski definition) is 2. The van der Waals surface area contributed by atoms with Crippen molar-refractivity contribution in [2.24, 2.45) is 0 Å². The number of hydrogen-bond acceptors (Lipinski definition) is 3. The van der Waals surface area contributed by atoms with Crippen molar-refractivity contribution in [1.29, 1.82) is 0 Å². The third kappa shape index (κ3) is 5.43. The van der Waals surface area contributed by atoms with Gasteiger partial charge in [0.05, 0.1) is 18.6 Å². The topological polar surface area (TPSA) is 76.8 Å². The lowest BCUT2D eigenvalue weighted by Gasteiger charge is -2.10. The van der Waals surface area contributed by atoms with E-state index in [0.29, 0.717) is 13.1 Å². The van der Waals surface area contributed by atoms with E-state index in [-0.39, 0.29) is 6.03 Å². The monoisotopic (exact) mass is 428 g/mol. The van der Waals surface area contributed by atoms with Gasteiger partial charge in [-0.15, -0.1) is 0 Å². The molecular weight excluding hydrogens is 400 g/mol. The normalized spacial score (nSPS) is 10.8. The van der Waals surface area contributed by atoms with Crippen molar-refractivity contribution in [1.82, 2.24) is 30.0 Å². The molecule has 0 aliphatic heterocycles. The SMILES string of the molecule is Cc1nn(Cc2ccccc2)c(C)c1CNC(=O)NCc1ccc(Cn2ccnc2)cc1. The number of carbonyl (C=O) groups excluding carboxylic acids is 1. The minimum atomic E-state index is -0.192. The highest BCUT2D eigenvalue weighted by molar-refractivity contribution is 5.73. The Morgan fingerprint density at radius 2 is 1.56 bits per heavy atom. The van der Waals surface area contributed by atoms with Crippen molar-refractivity contribution < 1.29 is 4.79 Å². The zero-order chi connectivity index (χ0) is 22.3. The number of nitrogens with zero attached hydrogens (tertiary/aromatic N) is 4. The second-order valence-corrected chi connectivity index (χ2v) is 7.88. The molecule has 2 N–H and O–H groups in total. The number of aromatic nitrogens is 4. The predicted molar refractivity (Wildman–Crippen MR) is 124 cm³/mol. The number of aryl methyl sites for hydroxylation is 1. The third-order valence-electron chi connectivity index (χ3n) is 5.53. The van der Waals surface area contributed by atoms with E-state index in [1.807, 2.05) is 59.6 Å². The number of urea groups is 1. The summed E-state index contributed by atoms with van der Waals surface area (Å²) >= 11 is 0. The number of nitrogens with one attached hydrogen (secondary N) is 2. The van der Waals surface area contributed by atoms with Gasteiger partial charge in [-0.2, -0.15) is 5.10 Å². The van der Waals surface area contributed by atoms with E-state index in [4.69, 9.17) is 0 Å². The summed E-state index contributed by atoms with van der Waals surface area (Å²) < 4.78 is 4.01. The summed E-state index contributed by atoms with van der Waals surface area (Å²) in [5.41, 5.74) is 6.51. The Hall–Kier alpha value is -3.87. The Bertz CT molecular complexity index is 1150. The van der Waals surface area contributed by atoms with Crippen molar-refractivity contribution in [3.63, 3.8) is 0 Å². The Kier molecular flexibility index (Phi) is 6.65. The second-order valence-electron chi connectivity index (χ2n) is 7.88. The lowest BCUT2D eigenvalue weighted by molar-refractivity contribution is 0.240. The summed E-state index contributed by atoms with van der Waals surface area (Å²) in [6.07, 6.45) is 5.51. The van der Waals surface area contributed by atoms with Crippen LogP contribution in [-0.2, 0) is 26.2 Å². The number of carbonyl (C=O) groups is 1. The van der Waals surface area contributed by atoms with Gasteiger partial charge in [-0.05, 0) is 30.5 Å². The van der Waals surface area contributed by atoms with Crippen LogP contribution >= 0.6 is 0 Å². The molecule has 0 bridgehead atoms. The fourth-order valence-corrected chi connectivity index (χ4v) is 3.67. The summed E-state index contributed by atoms with van der Waals surface area (Å²) in [6, 6.07) is 18.3. The number of amides is 2. The van der Waals surface area contributed by atoms with Crippen LogP contribution in [0.1, 0.15) is 33.6 Å². The summed E-state index contributed by atoms with van der Waals surface area (Å²) in [7, 11) is 0. The molecule has 32 heavy (non-hydrogen) atoms. The fourth-order valence-electron chi connectivity index (χ4n) is 3.67. The van der Waals surface area contributed by atoms with Crippen molar-refractivity contribution >= 4 is 6.03 Å². The van der Waals surface area contributed by atoms with Crippen LogP contribution in [0.4, 0.5) is 4.79 Å². The van der Waals surface area contributed by atoms with Crippen LogP contribution in [-0.4, -0.2) is 25.4 Å². The van der Waals surface area contributed by atoms with Crippen LogP contribution in [0.15, 0.2) is 73.3 Å². The molecule has 2 heterocycles. The van der Waals surface area contributed by atoms with Gasteiger partial charge >= 0.3 is 6.03 Å². The molecule has 0 unspecified atom stereocenters. The minimum Gasteiger partial charge on any atom is -0.334 e. The average molecular weight is 429 g/mol. The van der Waals surface area contributed by atoms with Gasteiger partial charge in [0, 0.05) is 43.3 Å². The minimum absolute atomic E-state index is 0.192. The van der Waals surface area contributed by atoms with E-state index >= 15 is 0 Å². The van der Waals surface area contributed by atoms with Gasteiger partial charge in [0.25, 0.3) is 0 Å². The van der Waals surface area contributed by atoms with Crippen molar-refractivity contribution in [2.45, 2.75) is 40.0 Å². The molecule has 164 valence electrons. The van der Waals surface area contributed by atoms with Gasteiger partial charge < -0.3 is 15.2 Å². The molecule has 4 rings (SSSR count). The summed E-state index contributed by atoms with van der Waals surface area (Å²) in [5, 5.41) is 10.5. The largest absolute Gasteiger partial charge is 0.334 e. The Labute approximate surface area is 188 Å². The van der Waals surface area contributed by atoms with Crippen LogP contribution in [0.3, 0.4) is 0 Å². The molecule has 0 saturated heterocycles. The molecule has 0 spiro atoms. The van der Waals surface area contributed by atoms with Crippen molar-refractivity contribution in [3.05, 3.63) is 107 Å². The summed E-state index contributed by atoms with van der Waals surface area (Å²) in [4.78, 5) is 16.4. The zero-order valence-corrected chi connectivity index (χ0v) is 18.5. The highest BCUT2D eigenvalue weighted by Gasteiger charge is 2.13. The number of imidazole rings is 1. The summed E-state index contributed by atoms with van der Waals surface area (Å²) in [5.74, 6) is 0. The van der Waals surface area contributed by atoms with Crippen LogP contribution < -0.4 is 10.6 Å². The third-order valence-corrected chi connectivity index (χ3v) is 5.53. The zero-order valence-electron chi connectivity index (χ0n) is 18.5. The molecule has 7 heteroatoms. The first-order valence-electron chi connectivity index (χ1n) is 10.7. The van der Waals surface area contributed by atoms with Gasteiger partial charge in [0.15, 0.2) is 0 Å². The van der Waals surface area contributed by atoms with E-state index < -0.39 is 0 Å². The first kappa shape index (κ1) is 21.4. The van der Waals surface area contributed by atoms with Crippen molar-refractivity contribution in [3.8, 4) is 0 Å². The maximum atomic E-state index is 12.3. The first-order chi connectivity index (χ1) is 15.6. The summed E-state index contributed by atoms with van der Waals surface area (Å²) in [6.45, 7) is 6.45. The molecule has 0 fully saturated rings. The maximum Gasteiger partial charge on any atom is 0.315 e. The van der Waals surface area contributed by atoms with Gasteiger partial charge in [0.2, 0.25) is 0 Å². The number of benzene rings is 2. The molecule has 0 atom stereocenters. The Balaban J connectivity index is 1.27. The lowest BCUT2D eigenvalue weighted by Crippen LogP contribution is -2.34. The molecule has 0 aliphatic rings. The smallest absolute Gasteiger partial charge is 0.315 e. The van der Waals surface area contributed by atoms with E-state index in [2.05, 4.69) is 45.0 Å². The molecule has 4 aromatic rings. The van der Waals surface area contributed by atoms with E-state index in [1.54, 1.807) is 12.5 Å². The molecular formula is C25H28N6O. The standard InChI is InChI=1S/C25H28N6O/c1-19-24(20(2)31(29-19)17-22-6-4-3-5-7-22)15-28-25(32)27-14-21-8-10-23(11-9-21)16-30-13-12-26-18-30/h3-13,18H,14-17H2,1-2H3,(H2,27,28,32). The lowest BCUT2D eigenvalue weighted by atomic mass is 10.1. The molecule has 2 amide bonds. The van der Waals surface area contributed by atoms with Gasteiger partial charge in [-0.1, -0.05) is 54.6 Å². The first-order valence-corrected chi connectivity index (χ1v) is 10.7. The molecule has 2 aromatic heterocycles. The average Bonchev–Trinajstić information content (AvgIpc) is 3.40. The van der Waals surface area contributed by atoms with Crippen LogP contribution in [0, 0.1) is 13.8 Å². The van der Waals surface area contributed by atoms with Crippen molar-refractivity contribution in [2.75, 3.05) is 0 Å². The van der Waals surface area contributed by atoms with Gasteiger partial charge in [-0.3, -0.25) is 4.68 Å². The van der Waals surface area contributed by atoms with E-state index in [9.17, 15) is 4.79 Å². The van der Waals surface area contributed by atoms with Crippen LogP contribution in [0.25, 0.3) is 0 Å². The fraction of sp³-hybridized carbons (Fsp3) is 0.240. The van der Waals surface area contributed by atoms with Crippen LogP contribution in [0.2, 0.25) is 0 Å². The molecule has 0 radical (unpaired) electrons. The van der Waals surface area contributed by atoms with Crippen LogP contribution in [0.5, 0.6) is 0 Å². The van der Waals surface area contributed by atoms with E-state index in [0.717, 1.165) is 35.6 Å². The molecule has 7 nitrogen and oxygen atoms in total. The molecule has 0 aliphatic carbocycles. The van der Waals surface area contributed by atoms with Gasteiger partial charge in [-0.25, -0.2) is 9.78 Å². The maximum absolute atomic E-state index is 12.3. The Morgan fingerprint density at radius 1 is 0.875 bits per heavy atom. The molecule has 2 aromatic carbocycles. The Morgan fingerprint density at radius 3 is 2.28 bits per heavy atom. The quantitative estimate of drug-likeness (QED) is 0.448. The highest BCUT2D eigenvalue weighted by atomic mass is 16.2. The highest BCUT2D eigenvalue weighted by Crippen LogP contribution is 2.14. The second kappa shape index (κ2) is 9.96. The van der Waals surface area contributed by atoms with E-state index in [1.165, 1.54) is 11.1 Å². The predicted octanol–water partition coefficient (Wildman–Crippen LogP) is 3.79. The number of rotatable bonds is 8.